The molecule has 1 atom stereocenters. The normalized spacial score (nSPS) is 17.9. The highest BCUT2D eigenvalue weighted by atomic mass is 32.9. The summed E-state index contributed by atoms with van der Waals surface area (Å²) in [6.07, 6.45) is -11.2. The molecule has 0 aliphatic rings. The van der Waals surface area contributed by atoms with Gasteiger partial charge in [0, 0.05) is 17.6 Å². The molecule has 0 fully saturated rings. The summed E-state index contributed by atoms with van der Waals surface area (Å²) in [6, 6.07) is 0. The van der Waals surface area contributed by atoms with Crippen molar-refractivity contribution >= 4 is 20.2 Å². The maximum atomic E-state index is 13.5. The molecule has 1 unspecified atom stereocenters. The molecule has 0 aromatic carbocycles. The Labute approximate surface area is 199 Å². The Morgan fingerprint density at radius 1 is 0.500 bits per heavy atom. The lowest BCUT2D eigenvalue weighted by Gasteiger charge is -2.44. The molecule has 0 radical (unpaired) electrons. The molecule has 0 saturated heterocycles. The van der Waals surface area contributed by atoms with Gasteiger partial charge < -0.3 is 0 Å². The lowest BCUT2D eigenvalue weighted by molar-refractivity contribution is -0.474. The van der Waals surface area contributed by atoms with Gasteiger partial charge in [0.05, 0.1) is 6.61 Å². The number of alkyl halides is 21. The molecule has 0 rings (SSSR count). The van der Waals surface area contributed by atoms with Crippen LogP contribution in [-0.2, 0) is 24.4 Å². The van der Waals surface area contributed by atoms with E-state index in [2.05, 4.69) is 15.4 Å². The Morgan fingerprint density at radius 2 is 0.737 bits per heavy atom. The first kappa shape index (κ1) is 36.8. The smallest absolute Gasteiger partial charge is 0.285 e. The van der Waals surface area contributed by atoms with Crippen molar-refractivity contribution in [3.8, 4) is 0 Å². The second-order valence-electron chi connectivity index (χ2n) is 6.80. The minimum absolute atomic E-state index is 2.38. The van der Waals surface area contributed by atoms with Crippen LogP contribution in [0.1, 0.15) is 6.42 Å². The minimum Gasteiger partial charge on any atom is -0.285 e. The van der Waals surface area contributed by atoms with Crippen LogP contribution < -0.4 is 0 Å². The Bertz CT molecular complexity index is 966. The lowest BCUT2D eigenvalue weighted by Crippen LogP contribution is -2.76. The third kappa shape index (κ3) is 5.16. The van der Waals surface area contributed by atoms with Crippen LogP contribution in [0.4, 0.5) is 92.2 Å². The van der Waals surface area contributed by atoms with Crippen molar-refractivity contribution in [3.05, 3.63) is 0 Å². The van der Waals surface area contributed by atoms with Crippen molar-refractivity contribution in [2.24, 2.45) is 0 Å². The number of hydrogen-bond acceptors (Lipinski definition) is 3. The standard InChI is InChI=1S/C12H5F21O3S2/c13-3(14,1-2-36-38(34,35)37)4(15,16)5(17,18)6(19,20)7(21,22)8(23,24)9(25,26)10(27,28)11(29,30)12(31,32)33/h1-2H2,(H,34,35,37). The van der Waals surface area contributed by atoms with Crippen LogP contribution in [0.3, 0.4) is 0 Å². The van der Waals surface area contributed by atoms with Crippen LogP contribution in [-0.4, -0.2) is 74.8 Å². The zero-order chi connectivity index (χ0) is 31.6. The van der Waals surface area contributed by atoms with Gasteiger partial charge in [-0.2, -0.15) is 96.4 Å². The van der Waals surface area contributed by atoms with E-state index in [-0.39, 0.29) is 0 Å². The van der Waals surface area contributed by atoms with E-state index in [1.807, 2.05) is 0 Å². The molecule has 26 heteroatoms. The first-order valence-corrected chi connectivity index (χ1v) is 10.4. The summed E-state index contributed by atoms with van der Waals surface area (Å²) in [4.78, 5) is 0. The zero-order valence-corrected chi connectivity index (χ0v) is 18.1. The summed E-state index contributed by atoms with van der Waals surface area (Å²) >= 11 is 3.42. The summed E-state index contributed by atoms with van der Waals surface area (Å²) in [6.45, 7) is -2.38. The van der Waals surface area contributed by atoms with Crippen molar-refractivity contribution in [3.63, 3.8) is 0 Å². The van der Waals surface area contributed by atoms with Crippen LogP contribution in [0.25, 0.3) is 0 Å². The molecular formula is C12H5F21O3S2. The van der Waals surface area contributed by atoms with Gasteiger partial charge in [-0.1, -0.05) is 0 Å². The molecule has 1 N–H and O–H groups in total. The van der Waals surface area contributed by atoms with E-state index in [1.54, 1.807) is 0 Å². The van der Waals surface area contributed by atoms with Crippen molar-refractivity contribution < 1.29 is 105 Å². The summed E-state index contributed by atoms with van der Waals surface area (Å²) in [5.74, 6) is -77.9. The molecule has 0 aromatic rings. The van der Waals surface area contributed by atoms with Gasteiger partial charge in [0.2, 0.25) is 0 Å². The number of rotatable bonds is 12. The average Bonchev–Trinajstić information content (AvgIpc) is 2.64. The van der Waals surface area contributed by atoms with Crippen molar-refractivity contribution in [2.75, 3.05) is 6.61 Å². The molecule has 0 saturated carbocycles. The quantitative estimate of drug-likeness (QED) is 0.234. The van der Waals surface area contributed by atoms with Crippen molar-refractivity contribution in [1.29, 1.82) is 0 Å². The monoisotopic (exact) mass is 660 g/mol. The average molecular weight is 660 g/mol. The second-order valence-corrected chi connectivity index (χ2v) is 9.15. The van der Waals surface area contributed by atoms with Crippen LogP contribution in [0.5, 0.6) is 0 Å². The molecule has 38 heavy (non-hydrogen) atoms. The van der Waals surface area contributed by atoms with Crippen molar-refractivity contribution in [1.82, 2.24) is 0 Å². The predicted molar refractivity (Wildman–Crippen MR) is 79.3 cm³/mol. The molecule has 0 heterocycles. The second kappa shape index (κ2) is 9.44. The summed E-state index contributed by atoms with van der Waals surface area (Å²) in [7, 11) is -5.05. The summed E-state index contributed by atoms with van der Waals surface area (Å²) in [5, 5.41) is 0. The van der Waals surface area contributed by atoms with E-state index in [4.69, 9.17) is 4.55 Å². The van der Waals surface area contributed by atoms with Gasteiger partial charge in [-0.05, 0) is 0 Å². The molecule has 0 spiro atoms. The van der Waals surface area contributed by atoms with Gasteiger partial charge in [-0.3, -0.25) is 8.74 Å². The summed E-state index contributed by atoms with van der Waals surface area (Å²) < 4.78 is 298. The van der Waals surface area contributed by atoms with Gasteiger partial charge >= 0.3 is 59.5 Å². The van der Waals surface area contributed by atoms with Crippen LogP contribution >= 0.6 is 0 Å². The fourth-order valence-corrected chi connectivity index (χ4v) is 2.52. The summed E-state index contributed by atoms with van der Waals surface area (Å²) in [5.41, 5.74) is 0. The van der Waals surface area contributed by atoms with E-state index in [9.17, 15) is 96.4 Å². The molecular weight excluding hydrogens is 655 g/mol. The molecule has 0 bridgehead atoms. The SMILES string of the molecule is O=S(O)(=S)OCCC(F)(F)C(F)(F)C(F)(F)C(F)(F)C(F)(F)C(F)(F)C(F)(F)C(F)(F)C(F)(F)C(F)(F)F. The topological polar surface area (TPSA) is 46.5 Å². The molecule has 0 aliphatic heterocycles. The first-order valence-electron chi connectivity index (χ1n) is 8.04. The Kier molecular flexibility index (Phi) is 9.15. The van der Waals surface area contributed by atoms with E-state index in [1.165, 1.54) is 0 Å². The first-order chi connectivity index (χ1) is 16.0. The van der Waals surface area contributed by atoms with E-state index < -0.39 is 81.6 Å². The third-order valence-corrected chi connectivity index (χ3v) is 4.98. The largest absolute Gasteiger partial charge is 0.460 e. The lowest BCUT2D eigenvalue weighted by atomic mass is 9.86. The van der Waals surface area contributed by atoms with Gasteiger partial charge in [0.15, 0.2) is 0 Å². The highest BCUT2D eigenvalue weighted by Crippen LogP contribution is 2.66. The maximum absolute atomic E-state index is 13.5. The van der Waals surface area contributed by atoms with Gasteiger partial charge in [0.1, 0.15) is 0 Å². The van der Waals surface area contributed by atoms with E-state index in [0.717, 1.165) is 0 Å². The predicted octanol–water partition coefficient (Wildman–Crippen LogP) is 6.81. The Balaban J connectivity index is 6.87. The molecule has 230 valence electrons. The van der Waals surface area contributed by atoms with Gasteiger partial charge in [-0.15, -0.1) is 0 Å². The Morgan fingerprint density at radius 3 is 0.974 bits per heavy atom. The highest BCUT2D eigenvalue weighted by molar-refractivity contribution is 8.27. The highest BCUT2D eigenvalue weighted by Gasteiger charge is 2.97. The number of hydrogen-bond donors (Lipinski definition) is 1. The van der Waals surface area contributed by atoms with Crippen molar-refractivity contribution in [2.45, 2.75) is 65.9 Å². The molecule has 3 nitrogen and oxygen atoms in total. The zero-order valence-electron chi connectivity index (χ0n) is 16.4. The van der Waals surface area contributed by atoms with Gasteiger partial charge in [-0.25, -0.2) is 0 Å². The molecule has 0 aliphatic carbocycles. The van der Waals surface area contributed by atoms with Gasteiger partial charge in [0.25, 0.3) is 9.05 Å². The fourth-order valence-electron chi connectivity index (χ4n) is 2.02. The molecule has 0 amide bonds. The van der Waals surface area contributed by atoms with E-state index in [0.29, 0.717) is 0 Å². The van der Waals surface area contributed by atoms with E-state index >= 15 is 0 Å². The molecule has 0 aromatic heterocycles. The van der Waals surface area contributed by atoms with Crippen LogP contribution in [0.2, 0.25) is 0 Å². The third-order valence-electron chi connectivity index (χ3n) is 4.22. The fraction of sp³-hybridized carbons (Fsp3) is 1.00. The number of halogens is 21. The van der Waals surface area contributed by atoms with Crippen LogP contribution in [0, 0.1) is 0 Å². The Hall–Kier alpha value is -1.18. The minimum atomic E-state index is -9.25. The van der Waals surface area contributed by atoms with Crippen LogP contribution in [0.15, 0.2) is 0 Å². The maximum Gasteiger partial charge on any atom is 0.460 e.